The van der Waals surface area contributed by atoms with Crippen molar-refractivity contribution < 1.29 is 9.84 Å². The molecule has 1 aromatic heterocycles. The van der Waals surface area contributed by atoms with Gasteiger partial charge in [0, 0.05) is 26.3 Å². The van der Waals surface area contributed by atoms with E-state index < -0.39 is 6.10 Å². The summed E-state index contributed by atoms with van der Waals surface area (Å²) in [5, 5.41) is 14.6. The molecule has 1 fully saturated rings. The number of hydrogen-bond acceptors (Lipinski definition) is 3. The normalized spacial score (nSPS) is 20.6. The Bertz CT molecular complexity index is 356. The molecule has 0 spiro atoms. The molecule has 1 heterocycles. The number of aromatic nitrogens is 2. The predicted octanol–water partition coefficient (Wildman–Crippen LogP) is 1.77. The third kappa shape index (κ3) is 2.53. The van der Waals surface area contributed by atoms with E-state index in [0.717, 1.165) is 37.8 Å². The third-order valence-corrected chi connectivity index (χ3v) is 3.90. The Morgan fingerprint density at radius 2 is 2.24 bits per heavy atom. The second-order valence-corrected chi connectivity index (χ2v) is 4.90. The zero-order chi connectivity index (χ0) is 12.3. The summed E-state index contributed by atoms with van der Waals surface area (Å²) >= 11 is 0. The highest BCUT2D eigenvalue weighted by atomic mass is 16.5. The summed E-state index contributed by atoms with van der Waals surface area (Å²) in [4.78, 5) is 0. The maximum Gasteiger partial charge on any atom is 0.0939 e. The van der Waals surface area contributed by atoms with Gasteiger partial charge in [-0.3, -0.25) is 4.68 Å². The van der Waals surface area contributed by atoms with Crippen LogP contribution < -0.4 is 0 Å². The first kappa shape index (κ1) is 12.6. The Kier molecular flexibility index (Phi) is 3.84. The molecule has 1 atom stereocenters. The molecule has 1 aliphatic carbocycles. The lowest BCUT2D eigenvalue weighted by molar-refractivity contribution is -0.0971. The van der Waals surface area contributed by atoms with Gasteiger partial charge in [-0.05, 0) is 25.3 Å². The van der Waals surface area contributed by atoms with Crippen molar-refractivity contribution in [3.8, 4) is 0 Å². The first-order chi connectivity index (χ1) is 8.20. The van der Waals surface area contributed by atoms with Crippen LogP contribution in [0.3, 0.4) is 0 Å². The van der Waals surface area contributed by atoms with Gasteiger partial charge in [-0.25, -0.2) is 0 Å². The molecule has 0 amide bonds. The van der Waals surface area contributed by atoms with Gasteiger partial charge >= 0.3 is 0 Å². The van der Waals surface area contributed by atoms with Crippen LogP contribution in [-0.2, 0) is 17.7 Å². The molecule has 0 saturated heterocycles. The molecule has 1 saturated carbocycles. The van der Waals surface area contributed by atoms with Crippen molar-refractivity contribution in [2.24, 2.45) is 0 Å². The molecular formula is C13H22N2O2. The molecule has 1 N–H and O–H groups in total. The highest BCUT2D eigenvalue weighted by Crippen LogP contribution is 2.36. The lowest BCUT2D eigenvalue weighted by Crippen LogP contribution is -2.42. The molecule has 1 unspecified atom stereocenters. The Morgan fingerprint density at radius 1 is 1.53 bits per heavy atom. The number of hydrogen-bond donors (Lipinski definition) is 1. The Balaban J connectivity index is 2.02. The molecule has 2 rings (SSSR count). The molecule has 4 nitrogen and oxygen atoms in total. The summed E-state index contributed by atoms with van der Waals surface area (Å²) in [5.74, 6) is 0. The van der Waals surface area contributed by atoms with E-state index in [1.54, 1.807) is 7.11 Å². The summed E-state index contributed by atoms with van der Waals surface area (Å²) < 4.78 is 7.47. The quantitative estimate of drug-likeness (QED) is 0.850. The minimum Gasteiger partial charge on any atom is -0.390 e. The maximum absolute atomic E-state index is 10.4. The van der Waals surface area contributed by atoms with Gasteiger partial charge in [-0.2, -0.15) is 5.10 Å². The minimum absolute atomic E-state index is 0.325. The molecule has 0 aliphatic heterocycles. The minimum atomic E-state index is -0.426. The van der Waals surface area contributed by atoms with Gasteiger partial charge in [0.1, 0.15) is 0 Å². The van der Waals surface area contributed by atoms with Crippen LogP contribution in [0.2, 0.25) is 0 Å². The maximum atomic E-state index is 10.4. The average molecular weight is 238 g/mol. The summed E-state index contributed by atoms with van der Waals surface area (Å²) in [5.41, 5.74) is 0.761. The van der Waals surface area contributed by atoms with E-state index in [1.807, 2.05) is 17.1 Å². The smallest absolute Gasteiger partial charge is 0.0939 e. The Labute approximate surface area is 103 Å². The van der Waals surface area contributed by atoms with Gasteiger partial charge in [0.05, 0.1) is 17.9 Å². The zero-order valence-corrected chi connectivity index (χ0v) is 10.7. The van der Waals surface area contributed by atoms with Gasteiger partial charge in [0.2, 0.25) is 0 Å². The molecule has 1 aromatic rings. The van der Waals surface area contributed by atoms with E-state index in [9.17, 15) is 5.11 Å². The van der Waals surface area contributed by atoms with Crippen LogP contribution in [0, 0.1) is 0 Å². The topological polar surface area (TPSA) is 47.3 Å². The molecule has 96 valence electrons. The van der Waals surface area contributed by atoms with Gasteiger partial charge < -0.3 is 9.84 Å². The standard InChI is InChI=1S/C13H22N2O2/c1-3-15-10-11(9-14-15)8-12(16)13(17-2)6-4-5-7-13/h9-10,12,16H,3-8H2,1-2H3. The van der Waals surface area contributed by atoms with Crippen LogP contribution in [0.4, 0.5) is 0 Å². The van der Waals surface area contributed by atoms with Gasteiger partial charge in [0.25, 0.3) is 0 Å². The molecule has 0 radical (unpaired) electrons. The highest BCUT2D eigenvalue weighted by molar-refractivity contribution is 5.08. The number of aliphatic hydroxyl groups is 1. The number of aliphatic hydroxyl groups excluding tert-OH is 1. The zero-order valence-electron chi connectivity index (χ0n) is 10.7. The van der Waals surface area contributed by atoms with E-state index >= 15 is 0 Å². The van der Waals surface area contributed by atoms with Crippen molar-refractivity contribution >= 4 is 0 Å². The lowest BCUT2D eigenvalue weighted by atomic mass is 9.90. The van der Waals surface area contributed by atoms with Crippen LogP contribution in [0.15, 0.2) is 12.4 Å². The van der Waals surface area contributed by atoms with Crippen molar-refractivity contribution in [1.82, 2.24) is 9.78 Å². The summed E-state index contributed by atoms with van der Waals surface area (Å²) in [6.45, 7) is 2.92. The Morgan fingerprint density at radius 3 is 2.76 bits per heavy atom. The van der Waals surface area contributed by atoms with E-state index in [4.69, 9.17) is 4.74 Å². The van der Waals surface area contributed by atoms with Crippen LogP contribution in [0.25, 0.3) is 0 Å². The van der Waals surface area contributed by atoms with E-state index in [2.05, 4.69) is 12.0 Å². The van der Waals surface area contributed by atoms with Crippen LogP contribution in [0.1, 0.15) is 38.2 Å². The fourth-order valence-electron chi connectivity index (χ4n) is 2.74. The Hall–Kier alpha value is -0.870. The summed E-state index contributed by atoms with van der Waals surface area (Å²) in [7, 11) is 1.71. The average Bonchev–Trinajstić information content (AvgIpc) is 2.97. The fraction of sp³-hybridized carbons (Fsp3) is 0.769. The van der Waals surface area contributed by atoms with E-state index in [-0.39, 0.29) is 5.60 Å². The number of aryl methyl sites for hydroxylation is 1. The van der Waals surface area contributed by atoms with Gasteiger partial charge in [-0.15, -0.1) is 0 Å². The predicted molar refractivity (Wildman–Crippen MR) is 65.8 cm³/mol. The molecule has 0 aromatic carbocycles. The molecule has 0 bridgehead atoms. The number of methoxy groups -OCH3 is 1. The van der Waals surface area contributed by atoms with Gasteiger partial charge in [0.15, 0.2) is 0 Å². The van der Waals surface area contributed by atoms with Crippen molar-refractivity contribution in [3.63, 3.8) is 0 Å². The monoisotopic (exact) mass is 238 g/mol. The number of ether oxygens (including phenoxy) is 1. The van der Waals surface area contributed by atoms with Crippen molar-refractivity contribution in [2.75, 3.05) is 7.11 Å². The first-order valence-corrected chi connectivity index (χ1v) is 6.45. The van der Waals surface area contributed by atoms with Crippen LogP contribution in [0.5, 0.6) is 0 Å². The lowest BCUT2D eigenvalue weighted by Gasteiger charge is -2.32. The van der Waals surface area contributed by atoms with Crippen molar-refractivity contribution in [3.05, 3.63) is 18.0 Å². The molecular weight excluding hydrogens is 216 g/mol. The molecule has 1 aliphatic rings. The summed E-state index contributed by atoms with van der Waals surface area (Å²) in [6.07, 6.45) is 8.28. The highest BCUT2D eigenvalue weighted by Gasteiger charge is 2.40. The van der Waals surface area contributed by atoms with Crippen molar-refractivity contribution in [2.45, 2.75) is 57.3 Å². The van der Waals surface area contributed by atoms with Gasteiger partial charge in [-0.1, -0.05) is 12.8 Å². The third-order valence-electron chi connectivity index (χ3n) is 3.90. The largest absolute Gasteiger partial charge is 0.390 e. The molecule has 4 heteroatoms. The summed E-state index contributed by atoms with van der Waals surface area (Å²) in [6, 6.07) is 0. The second-order valence-electron chi connectivity index (χ2n) is 4.90. The molecule has 17 heavy (non-hydrogen) atoms. The second kappa shape index (κ2) is 5.19. The van der Waals surface area contributed by atoms with Crippen LogP contribution >= 0.6 is 0 Å². The number of nitrogens with zero attached hydrogens (tertiary/aromatic N) is 2. The van der Waals surface area contributed by atoms with Crippen LogP contribution in [-0.4, -0.2) is 33.7 Å². The van der Waals surface area contributed by atoms with E-state index in [0.29, 0.717) is 6.42 Å². The fourth-order valence-corrected chi connectivity index (χ4v) is 2.74. The van der Waals surface area contributed by atoms with E-state index in [1.165, 1.54) is 0 Å². The first-order valence-electron chi connectivity index (χ1n) is 6.45. The SMILES string of the molecule is CCn1cc(CC(O)C2(OC)CCCC2)cn1. The van der Waals surface area contributed by atoms with Crippen molar-refractivity contribution in [1.29, 1.82) is 0 Å². The number of rotatable bonds is 5.